The van der Waals surface area contributed by atoms with Crippen LogP contribution in [0.2, 0.25) is 0 Å². The van der Waals surface area contributed by atoms with Crippen molar-refractivity contribution in [2.75, 3.05) is 30.4 Å². The van der Waals surface area contributed by atoms with Crippen molar-refractivity contribution < 1.29 is 8.42 Å². The maximum atomic E-state index is 12.7. The van der Waals surface area contributed by atoms with Crippen LogP contribution in [0.25, 0.3) is 0 Å². The Balaban J connectivity index is 2.33. The summed E-state index contributed by atoms with van der Waals surface area (Å²) in [5, 5.41) is 3.08. The molecule has 0 amide bonds. The summed E-state index contributed by atoms with van der Waals surface area (Å²) in [4.78, 5) is 4.21. The molecule has 106 valence electrons. The lowest BCUT2D eigenvalue weighted by Gasteiger charge is -2.24. The van der Waals surface area contributed by atoms with E-state index in [0.717, 1.165) is 17.9 Å². The quantitative estimate of drug-likeness (QED) is 0.896. The Kier molecular flexibility index (Phi) is 4.70. The molecule has 1 aliphatic rings. The molecule has 1 N–H and O–H groups in total. The third-order valence-corrected chi connectivity index (χ3v) is 6.31. The molecule has 0 radical (unpaired) electrons. The molecule has 0 spiro atoms. The fourth-order valence-corrected chi connectivity index (χ4v) is 4.94. The highest BCUT2D eigenvalue weighted by molar-refractivity contribution is 7.99. The van der Waals surface area contributed by atoms with Crippen molar-refractivity contribution >= 4 is 27.5 Å². The highest BCUT2D eigenvalue weighted by Crippen LogP contribution is 2.28. The molecule has 2 rings (SSSR count). The first kappa shape index (κ1) is 14.6. The Bertz CT molecular complexity index is 528. The van der Waals surface area contributed by atoms with Gasteiger partial charge in [-0.2, -0.15) is 16.1 Å². The van der Waals surface area contributed by atoms with E-state index < -0.39 is 10.0 Å². The van der Waals surface area contributed by atoms with Gasteiger partial charge in [-0.25, -0.2) is 8.42 Å². The summed E-state index contributed by atoms with van der Waals surface area (Å²) >= 11 is 1.80. The summed E-state index contributed by atoms with van der Waals surface area (Å²) in [6.45, 7) is 2.61. The Hall–Kier alpha value is -0.790. The van der Waals surface area contributed by atoms with Crippen LogP contribution in [0.3, 0.4) is 0 Å². The Morgan fingerprint density at radius 2 is 2.37 bits per heavy atom. The molecular formula is C12H19N3O2S2. The van der Waals surface area contributed by atoms with E-state index in [1.165, 1.54) is 10.5 Å². The van der Waals surface area contributed by atoms with Crippen LogP contribution in [0.15, 0.2) is 23.4 Å². The van der Waals surface area contributed by atoms with Crippen LogP contribution in [0.4, 0.5) is 5.69 Å². The average molecular weight is 301 g/mol. The summed E-state index contributed by atoms with van der Waals surface area (Å²) in [6.07, 6.45) is 3.94. The van der Waals surface area contributed by atoms with Gasteiger partial charge in [0.05, 0.1) is 5.69 Å². The number of pyridine rings is 1. The molecule has 7 heteroatoms. The van der Waals surface area contributed by atoms with E-state index in [4.69, 9.17) is 0 Å². The van der Waals surface area contributed by atoms with E-state index in [9.17, 15) is 8.42 Å². The molecule has 1 saturated heterocycles. The van der Waals surface area contributed by atoms with Crippen molar-refractivity contribution in [3.05, 3.63) is 18.5 Å². The highest BCUT2D eigenvalue weighted by Gasteiger charge is 2.31. The number of anilines is 1. The van der Waals surface area contributed by atoms with Gasteiger partial charge in [-0.15, -0.1) is 0 Å². The monoisotopic (exact) mass is 301 g/mol. The first-order valence-corrected chi connectivity index (χ1v) is 8.90. The minimum absolute atomic E-state index is 0.0877. The van der Waals surface area contributed by atoms with E-state index in [1.807, 2.05) is 6.92 Å². The third kappa shape index (κ3) is 3.04. The topological polar surface area (TPSA) is 62.3 Å². The van der Waals surface area contributed by atoms with Gasteiger partial charge in [0.15, 0.2) is 0 Å². The van der Waals surface area contributed by atoms with Gasteiger partial charge in [-0.3, -0.25) is 4.98 Å². The lowest BCUT2D eigenvalue weighted by atomic mass is 10.3. The zero-order valence-electron chi connectivity index (χ0n) is 11.2. The normalized spacial score (nSPS) is 19.8. The second-order valence-corrected chi connectivity index (χ2v) is 7.56. The van der Waals surface area contributed by atoms with Gasteiger partial charge in [0.25, 0.3) is 0 Å². The molecule has 0 bridgehead atoms. The number of hydrogen-bond donors (Lipinski definition) is 1. The maximum absolute atomic E-state index is 12.7. The molecule has 0 saturated carbocycles. The number of rotatable bonds is 5. The van der Waals surface area contributed by atoms with Crippen LogP contribution in [-0.4, -0.2) is 48.8 Å². The van der Waals surface area contributed by atoms with Gasteiger partial charge in [0, 0.05) is 37.8 Å². The van der Waals surface area contributed by atoms with Crippen LogP contribution in [0.5, 0.6) is 0 Å². The number of aromatic nitrogens is 1. The zero-order valence-corrected chi connectivity index (χ0v) is 12.8. The highest BCUT2D eigenvalue weighted by atomic mass is 32.2. The summed E-state index contributed by atoms with van der Waals surface area (Å²) in [5.41, 5.74) is 0.620. The molecule has 0 aliphatic carbocycles. The predicted molar refractivity (Wildman–Crippen MR) is 79.1 cm³/mol. The van der Waals surface area contributed by atoms with Crippen molar-refractivity contribution in [1.29, 1.82) is 0 Å². The minimum atomic E-state index is -3.48. The number of nitrogens with one attached hydrogen (secondary N) is 1. The van der Waals surface area contributed by atoms with Crippen LogP contribution < -0.4 is 5.32 Å². The largest absolute Gasteiger partial charge is 0.384 e. The molecular weight excluding hydrogens is 282 g/mol. The molecule has 1 aromatic heterocycles. The smallest absolute Gasteiger partial charge is 0.246 e. The summed E-state index contributed by atoms with van der Waals surface area (Å²) in [7, 11) is -1.82. The standard InChI is InChI=1S/C12H19N3O2S2/c1-3-14-11-4-6-13-8-12(11)19(16,17)15(2)10-5-7-18-9-10/h4,6,8,10H,3,5,7,9H2,1-2H3,(H,13,14). The van der Waals surface area contributed by atoms with Crippen molar-refractivity contribution in [1.82, 2.24) is 9.29 Å². The van der Waals surface area contributed by atoms with Crippen LogP contribution in [0.1, 0.15) is 13.3 Å². The molecule has 1 aliphatic heterocycles. The van der Waals surface area contributed by atoms with E-state index >= 15 is 0 Å². The molecule has 1 aromatic rings. The van der Waals surface area contributed by atoms with Gasteiger partial charge in [0.1, 0.15) is 4.90 Å². The second-order valence-electron chi connectivity index (χ2n) is 4.44. The van der Waals surface area contributed by atoms with Gasteiger partial charge in [0.2, 0.25) is 10.0 Å². The lowest BCUT2D eigenvalue weighted by Crippen LogP contribution is -2.37. The molecule has 1 fully saturated rings. The van der Waals surface area contributed by atoms with Crippen molar-refractivity contribution in [2.24, 2.45) is 0 Å². The second kappa shape index (κ2) is 6.11. The van der Waals surface area contributed by atoms with Crippen molar-refractivity contribution in [2.45, 2.75) is 24.3 Å². The van der Waals surface area contributed by atoms with Gasteiger partial charge in [-0.05, 0) is 25.2 Å². The fourth-order valence-electron chi connectivity index (χ4n) is 2.08. The Morgan fingerprint density at radius 1 is 1.58 bits per heavy atom. The Morgan fingerprint density at radius 3 is 3.00 bits per heavy atom. The number of sulfonamides is 1. The van der Waals surface area contributed by atoms with E-state index in [1.54, 1.807) is 31.1 Å². The first-order chi connectivity index (χ1) is 9.07. The maximum Gasteiger partial charge on any atom is 0.246 e. The zero-order chi connectivity index (χ0) is 13.9. The molecule has 2 heterocycles. The average Bonchev–Trinajstić information content (AvgIpc) is 2.92. The summed E-state index contributed by atoms with van der Waals surface area (Å²) in [6, 6.07) is 1.79. The van der Waals surface area contributed by atoms with E-state index in [-0.39, 0.29) is 10.9 Å². The first-order valence-electron chi connectivity index (χ1n) is 6.31. The van der Waals surface area contributed by atoms with Gasteiger partial charge < -0.3 is 5.32 Å². The SMILES string of the molecule is CCNc1ccncc1S(=O)(=O)N(C)C1CCSC1. The van der Waals surface area contributed by atoms with Crippen LogP contribution >= 0.6 is 11.8 Å². The fraction of sp³-hybridized carbons (Fsp3) is 0.583. The molecule has 1 unspecified atom stereocenters. The molecule has 19 heavy (non-hydrogen) atoms. The van der Waals surface area contributed by atoms with E-state index in [2.05, 4.69) is 10.3 Å². The summed E-state index contributed by atoms with van der Waals surface area (Å²) in [5.74, 6) is 1.89. The minimum Gasteiger partial charge on any atom is -0.384 e. The molecule has 1 atom stereocenters. The Labute approximate surface area is 118 Å². The molecule has 0 aromatic carbocycles. The number of hydrogen-bond acceptors (Lipinski definition) is 5. The summed E-state index contributed by atoms with van der Waals surface area (Å²) < 4.78 is 26.8. The van der Waals surface area contributed by atoms with Crippen LogP contribution in [0, 0.1) is 0 Å². The van der Waals surface area contributed by atoms with Gasteiger partial charge in [-0.1, -0.05) is 0 Å². The van der Waals surface area contributed by atoms with Crippen LogP contribution in [-0.2, 0) is 10.0 Å². The lowest BCUT2D eigenvalue weighted by molar-refractivity contribution is 0.394. The van der Waals surface area contributed by atoms with Gasteiger partial charge >= 0.3 is 0 Å². The number of thioether (sulfide) groups is 1. The molecule has 5 nitrogen and oxygen atoms in total. The van der Waals surface area contributed by atoms with E-state index in [0.29, 0.717) is 12.2 Å². The predicted octanol–water partition coefficient (Wildman–Crippen LogP) is 1.64. The van der Waals surface area contributed by atoms with Crippen molar-refractivity contribution in [3.63, 3.8) is 0 Å². The third-order valence-electron chi connectivity index (χ3n) is 3.23. The number of nitrogens with zero attached hydrogens (tertiary/aromatic N) is 2. The van der Waals surface area contributed by atoms with Crippen molar-refractivity contribution in [3.8, 4) is 0 Å².